The minimum absolute atomic E-state index is 0.0671. The predicted molar refractivity (Wildman–Crippen MR) is 91.5 cm³/mol. The van der Waals surface area contributed by atoms with Gasteiger partial charge in [-0.25, -0.2) is 0 Å². The second kappa shape index (κ2) is 7.62. The second-order valence-corrected chi connectivity index (χ2v) is 6.18. The van der Waals surface area contributed by atoms with E-state index in [4.69, 9.17) is 4.74 Å². The van der Waals surface area contributed by atoms with E-state index in [-0.39, 0.29) is 12.2 Å². The molecule has 1 unspecified atom stereocenters. The molecule has 2 aromatic rings. The first-order valence-electron chi connectivity index (χ1n) is 8.37. The highest BCUT2D eigenvalue weighted by Crippen LogP contribution is 2.24. The summed E-state index contributed by atoms with van der Waals surface area (Å²) in [5, 5.41) is 24.9. The summed E-state index contributed by atoms with van der Waals surface area (Å²) in [5.74, 6) is 0.868. The molecule has 0 saturated carbocycles. The van der Waals surface area contributed by atoms with Crippen molar-refractivity contribution in [3.63, 3.8) is 0 Å². The SMILES string of the molecule is CCOc1ccc2c(c1)CN(CC(O)Cn1cc([N+](=O)[O-])cn1)CC2. The van der Waals surface area contributed by atoms with E-state index in [2.05, 4.69) is 22.1 Å². The maximum Gasteiger partial charge on any atom is 0.306 e. The molecule has 2 heterocycles. The highest BCUT2D eigenvalue weighted by molar-refractivity contribution is 5.37. The van der Waals surface area contributed by atoms with Crippen molar-refractivity contribution in [3.8, 4) is 5.75 Å². The van der Waals surface area contributed by atoms with Crippen LogP contribution < -0.4 is 4.74 Å². The number of aliphatic hydroxyl groups excluding tert-OH is 1. The smallest absolute Gasteiger partial charge is 0.306 e. The van der Waals surface area contributed by atoms with Crippen LogP contribution in [0.2, 0.25) is 0 Å². The number of benzene rings is 1. The number of nitrogens with zero attached hydrogens (tertiary/aromatic N) is 4. The molecule has 0 aliphatic carbocycles. The molecule has 1 aliphatic heterocycles. The van der Waals surface area contributed by atoms with E-state index in [1.807, 2.05) is 13.0 Å². The summed E-state index contributed by atoms with van der Waals surface area (Å²) in [6, 6.07) is 6.17. The van der Waals surface area contributed by atoms with Gasteiger partial charge in [0.2, 0.25) is 0 Å². The topological polar surface area (TPSA) is 93.7 Å². The lowest BCUT2D eigenvalue weighted by atomic mass is 9.99. The van der Waals surface area contributed by atoms with Crippen LogP contribution in [-0.2, 0) is 19.5 Å². The molecule has 0 amide bonds. The van der Waals surface area contributed by atoms with Gasteiger partial charge in [-0.15, -0.1) is 0 Å². The van der Waals surface area contributed by atoms with Gasteiger partial charge in [-0.2, -0.15) is 5.10 Å². The van der Waals surface area contributed by atoms with Gasteiger partial charge in [0, 0.05) is 19.6 Å². The fraction of sp³-hybridized carbons (Fsp3) is 0.471. The number of ether oxygens (including phenoxy) is 1. The van der Waals surface area contributed by atoms with Crippen LogP contribution in [0.3, 0.4) is 0 Å². The average Bonchev–Trinajstić information content (AvgIpc) is 3.03. The van der Waals surface area contributed by atoms with Gasteiger partial charge in [0.1, 0.15) is 18.1 Å². The maximum atomic E-state index is 10.7. The zero-order chi connectivity index (χ0) is 17.8. The Hall–Kier alpha value is -2.45. The quantitative estimate of drug-likeness (QED) is 0.605. The fourth-order valence-corrected chi connectivity index (χ4v) is 3.12. The Balaban J connectivity index is 1.58. The summed E-state index contributed by atoms with van der Waals surface area (Å²) in [6.07, 6.45) is 2.82. The summed E-state index contributed by atoms with van der Waals surface area (Å²) in [6.45, 7) is 4.95. The molecule has 1 atom stereocenters. The second-order valence-electron chi connectivity index (χ2n) is 6.18. The molecule has 0 radical (unpaired) electrons. The van der Waals surface area contributed by atoms with Crippen molar-refractivity contribution in [2.45, 2.75) is 32.5 Å². The Labute approximate surface area is 145 Å². The van der Waals surface area contributed by atoms with E-state index in [0.29, 0.717) is 13.2 Å². The molecular weight excluding hydrogens is 324 g/mol. The summed E-state index contributed by atoms with van der Waals surface area (Å²) in [7, 11) is 0. The molecule has 8 nitrogen and oxygen atoms in total. The van der Waals surface area contributed by atoms with E-state index in [9.17, 15) is 15.2 Å². The van der Waals surface area contributed by atoms with Crippen LogP contribution >= 0.6 is 0 Å². The lowest BCUT2D eigenvalue weighted by molar-refractivity contribution is -0.385. The van der Waals surface area contributed by atoms with Crippen LogP contribution in [0, 0.1) is 10.1 Å². The molecular formula is C17H22N4O4. The van der Waals surface area contributed by atoms with E-state index in [1.54, 1.807) is 0 Å². The van der Waals surface area contributed by atoms with Gasteiger partial charge in [0.15, 0.2) is 0 Å². The highest BCUT2D eigenvalue weighted by Gasteiger charge is 2.20. The van der Waals surface area contributed by atoms with Crippen molar-refractivity contribution >= 4 is 5.69 Å². The molecule has 1 aromatic heterocycles. The fourth-order valence-electron chi connectivity index (χ4n) is 3.12. The first-order chi connectivity index (χ1) is 12.0. The summed E-state index contributed by atoms with van der Waals surface area (Å²) in [4.78, 5) is 12.4. The molecule has 0 saturated heterocycles. The molecule has 3 rings (SSSR count). The number of hydrogen-bond donors (Lipinski definition) is 1. The van der Waals surface area contributed by atoms with Crippen molar-refractivity contribution in [3.05, 3.63) is 51.8 Å². The first kappa shape index (κ1) is 17.4. The molecule has 1 aliphatic rings. The monoisotopic (exact) mass is 346 g/mol. The lowest BCUT2D eigenvalue weighted by Crippen LogP contribution is -2.38. The van der Waals surface area contributed by atoms with Gasteiger partial charge < -0.3 is 9.84 Å². The van der Waals surface area contributed by atoms with Crippen molar-refractivity contribution in [1.82, 2.24) is 14.7 Å². The largest absolute Gasteiger partial charge is 0.494 e. The molecule has 134 valence electrons. The Bertz CT molecular complexity index is 746. The Kier molecular flexibility index (Phi) is 5.30. The Morgan fingerprint density at radius 3 is 2.96 bits per heavy atom. The van der Waals surface area contributed by atoms with Gasteiger partial charge in [-0.3, -0.25) is 19.7 Å². The molecule has 8 heteroatoms. The van der Waals surface area contributed by atoms with Crippen molar-refractivity contribution in [2.24, 2.45) is 0 Å². The van der Waals surface area contributed by atoms with E-state index in [0.717, 1.165) is 25.3 Å². The van der Waals surface area contributed by atoms with Crippen LogP contribution in [-0.4, -0.2) is 50.5 Å². The van der Waals surface area contributed by atoms with Crippen molar-refractivity contribution < 1.29 is 14.8 Å². The molecule has 1 N–H and O–H groups in total. The molecule has 25 heavy (non-hydrogen) atoms. The number of aromatic nitrogens is 2. The number of β-amino-alcohol motifs (C(OH)–C–C–N with tert-alkyl or cyclic N) is 1. The average molecular weight is 346 g/mol. The highest BCUT2D eigenvalue weighted by atomic mass is 16.6. The zero-order valence-corrected chi connectivity index (χ0v) is 14.2. The maximum absolute atomic E-state index is 10.7. The minimum Gasteiger partial charge on any atom is -0.494 e. The molecule has 0 fully saturated rings. The lowest BCUT2D eigenvalue weighted by Gasteiger charge is -2.30. The van der Waals surface area contributed by atoms with Crippen LogP contribution in [0.4, 0.5) is 5.69 Å². The number of nitro groups is 1. The number of fused-ring (bicyclic) bond motifs is 1. The molecule has 1 aromatic carbocycles. The van der Waals surface area contributed by atoms with Crippen molar-refractivity contribution in [2.75, 3.05) is 19.7 Å². The number of rotatable bonds is 7. The van der Waals surface area contributed by atoms with E-state index in [1.165, 1.54) is 28.2 Å². The Morgan fingerprint density at radius 2 is 2.24 bits per heavy atom. The minimum atomic E-state index is -0.642. The number of aliphatic hydroxyl groups is 1. The predicted octanol–water partition coefficient (Wildman–Crippen LogP) is 1.61. The van der Waals surface area contributed by atoms with Crippen molar-refractivity contribution in [1.29, 1.82) is 0 Å². The van der Waals surface area contributed by atoms with Gasteiger partial charge in [0.05, 0.1) is 24.2 Å². The van der Waals surface area contributed by atoms with Gasteiger partial charge in [0.25, 0.3) is 0 Å². The van der Waals surface area contributed by atoms with Crippen LogP contribution in [0.5, 0.6) is 5.75 Å². The normalized spacial score (nSPS) is 15.6. The van der Waals surface area contributed by atoms with E-state index < -0.39 is 11.0 Å². The van der Waals surface area contributed by atoms with Gasteiger partial charge in [-0.05, 0) is 36.6 Å². The van der Waals surface area contributed by atoms with Gasteiger partial charge in [-0.1, -0.05) is 6.07 Å². The molecule has 0 bridgehead atoms. The van der Waals surface area contributed by atoms with Crippen LogP contribution in [0.1, 0.15) is 18.1 Å². The first-order valence-corrected chi connectivity index (χ1v) is 8.37. The number of hydrogen-bond acceptors (Lipinski definition) is 6. The van der Waals surface area contributed by atoms with Gasteiger partial charge >= 0.3 is 5.69 Å². The third kappa shape index (κ3) is 4.34. The third-order valence-corrected chi connectivity index (χ3v) is 4.28. The van der Waals surface area contributed by atoms with Crippen LogP contribution in [0.15, 0.2) is 30.6 Å². The van der Waals surface area contributed by atoms with Crippen LogP contribution in [0.25, 0.3) is 0 Å². The summed E-state index contributed by atoms with van der Waals surface area (Å²) >= 11 is 0. The summed E-state index contributed by atoms with van der Waals surface area (Å²) < 4.78 is 6.96. The molecule has 0 spiro atoms. The summed E-state index contributed by atoms with van der Waals surface area (Å²) in [5.41, 5.74) is 2.47. The zero-order valence-electron chi connectivity index (χ0n) is 14.2. The standard InChI is InChI=1S/C17H22N4O4/c1-2-25-17-4-3-13-5-6-19(9-14(13)7-17)11-16(22)12-20-10-15(8-18-20)21(23)24/h3-4,7-8,10,16,22H,2,5-6,9,11-12H2,1H3. The third-order valence-electron chi connectivity index (χ3n) is 4.28. The Morgan fingerprint density at radius 1 is 1.40 bits per heavy atom. The van der Waals surface area contributed by atoms with E-state index >= 15 is 0 Å².